The van der Waals surface area contributed by atoms with Crippen LogP contribution in [0.15, 0.2) is 30.3 Å². The van der Waals surface area contributed by atoms with Crippen LogP contribution < -0.4 is 0 Å². The van der Waals surface area contributed by atoms with E-state index in [1.165, 1.54) is 44.1 Å². The maximum atomic E-state index is 2.42. The van der Waals surface area contributed by atoms with E-state index in [1.807, 2.05) is 0 Å². The average Bonchev–Trinajstić information content (AvgIpc) is 2.35. The van der Waals surface area contributed by atoms with E-state index in [-0.39, 0.29) is 0 Å². The van der Waals surface area contributed by atoms with Gasteiger partial charge in [0.2, 0.25) is 0 Å². The second-order valence-electron chi connectivity index (χ2n) is 5.49. The topological polar surface area (TPSA) is 0 Å². The molecule has 0 spiro atoms. The van der Waals surface area contributed by atoms with Crippen LogP contribution in [0, 0.1) is 11.8 Å². The lowest BCUT2D eigenvalue weighted by Crippen LogP contribution is -2.11. The molecule has 0 aliphatic carbocycles. The highest BCUT2D eigenvalue weighted by Crippen LogP contribution is 2.22. The van der Waals surface area contributed by atoms with Gasteiger partial charge in [-0.05, 0) is 23.8 Å². The minimum Gasteiger partial charge on any atom is -0.0654 e. The number of benzene rings is 1. The standard InChI is InChI=1S/C17H28/c1-4-5-6-8-11-15(2)16(3)14-17-12-9-7-10-13-17/h7,9-10,12-13,15-16H,4-6,8,11,14H2,1-3H3. The van der Waals surface area contributed by atoms with Gasteiger partial charge in [-0.3, -0.25) is 0 Å². The van der Waals surface area contributed by atoms with Crippen molar-refractivity contribution in [1.82, 2.24) is 0 Å². The zero-order valence-electron chi connectivity index (χ0n) is 11.8. The average molecular weight is 232 g/mol. The first-order valence-electron chi connectivity index (χ1n) is 7.28. The largest absolute Gasteiger partial charge is 0.0654 e. The SMILES string of the molecule is CCCCCCC(C)C(C)Cc1ccccc1. The second-order valence-corrected chi connectivity index (χ2v) is 5.49. The summed E-state index contributed by atoms with van der Waals surface area (Å²) in [5.74, 6) is 1.66. The Morgan fingerprint density at radius 1 is 0.882 bits per heavy atom. The Morgan fingerprint density at radius 3 is 2.24 bits per heavy atom. The Labute approximate surface area is 107 Å². The van der Waals surface area contributed by atoms with Crippen LogP contribution in [-0.4, -0.2) is 0 Å². The van der Waals surface area contributed by atoms with Gasteiger partial charge in [-0.25, -0.2) is 0 Å². The summed E-state index contributed by atoms with van der Waals surface area (Å²) in [5.41, 5.74) is 1.49. The first-order valence-corrected chi connectivity index (χ1v) is 7.28. The maximum absolute atomic E-state index is 2.42. The summed E-state index contributed by atoms with van der Waals surface area (Å²) in [6, 6.07) is 10.9. The van der Waals surface area contributed by atoms with Crippen molar-refractivity contribution in [3.63, 3.8) is 0 Å². The molecule has 0 saturated heterocycles. The van der Waals surface area contributed by atoms with Gasteiger partial charge in [-0.15, -0.1) is 0 Å². The summed E-state index contributed by atoms with van der Waals surface area (Å²) in [6.45, 7) is 7.10. The highest BCUT2D eigenvalue weighted by Gasteiger charge is 2.12. The highest BCUT2D eigenvalue weighted by atomic mass is 14.2. The molecule has 0 aliphatic heterocycles. The summed E-state index contributed by atoms with van der Waals surface area (Å²) in [4.78, 5) is 0. The van der Waals surface area contributed by atoms with E-state index in [1.54, 1.807) is 0 Å². The molecule has 1 rings (SSSR count). The van der Waals surface area contributed by atoms with Gasteiger partial charge in [0.25, 0.3) is 0 Å². The molecular formula is C17H28. The fraction of sp³-hybridized carbons (Fsp3) is 0.647. The molecule has 0 heteroatoms. The molecule has 1 aromatic carbocycles. The Hall–Kier alpha value is -0.780. The van der Waals surface area contributed by atoms with E-state index < -0.39 is 0 Å². The molecule has 0 amide bonds. The van der Waals surface area contributed by atoms with Crippen LogP contribution in [0.5, 0.6) is 0 Å². The molecule has 0 aliphatic rings. The van der Waals surface area contributed by atoms with Gasteiger partial charge in [-0.1, -0.05) is 83.2 Å². The van der Waals surface area contributed by atoms with E-state index >= 15 is 0 Å². The molecule has 0 nitrogen and oxygen atoms in total. The number of rotatable bonds is 8. The molecular weight excluding hydrogens is 204 g/mol. The smallest absolute Gasteiger partial charge is 0.0250 e. The first kappa shape index (κ1) is 14.3. The molecule has 1 aromatic rings. The van der Waals surface area contributed by atoms with Crippen LogP contribution in [0.3, 0.4) is 0 Å². The van der Waals surface area contributed by atoms with Crippen LogP contribution >= 0.6 is 0 Å². The quantitative estimate of drug-likeness (QED) is 0.521. The fourth-order valence-electron chi connectivity index (χ4n) is 2.36. The molecule has 2 atom stereocenters. The zero-order valence-corrected chi connectivity index (χ0v) is 11.8. The van der Waals surface area contributed by atoms with E-state index in [0.717, 1.165) is 11.8 Å². The van der Waals surface area contributed by atoms with E-state index in [2.05, 4.69) is 51.1 Å². The lowest BCUT2D eigenvalue weighted by atomic mass is 9.86. The molecule has 0 fully saturated rings. The van der Waals surface area contributed by atoms with Gasteiger partial charge in [0, 0.05) is 0 Å². The molecule has 0 bridgehead atoms. The summed E-state index contributed by atoms with van der Waals surface area (Å²) >= 11 is 0. The third-order valence-corrected chi connectivity index (χ3v) is 3.88. The van der Waals surface area contributed by atoms with Gasteiger partial charge in [-0.2, -0.15) is 0 Å². The van der Waals surface area contributed by atoms with Crippen LogP contribution in [0.1, 0.15) is 58.4 Å². The lowest BCUT2D eigenvalue weighted by molar-refractivity contribution is 0.349. The van der Waals surface area contributed by atoms with Crippen molar-refractivity contribution >= 4 is 0 Å². The molecule has 17 heavy (non-hydrogen) atoms. The molecule has 96 valence electrons. The van der Waals surface area contributed by atoms with Crippen molar-refractivity contribution in [3.8, 4) is 0 Å². The summed E-state index contributed by atoms with van der Waals surface area (Å²) < 4.78 is 0. The van der Waals surface area contributed by atoms with Crippen LogP contribution in [0.25, 0.3) is 0 Å². The van der Waals surface area contributed by atoms with E-state index in [9.17, 15) is 0 Å². The van der Waals surface area contributed by atoms with Crippen LogP contribution in [0.4, 0.5) is 0 Å². The van der Waals surface area contributed by atoms with E-state index in [0.29, 0.717) is 0 Å². The number of hydrogen-bond donors (Lipinski definition) is 0. The summed E-state index contributed by atoms with van der Waals surface area (Å²) in [6.07, 6.45) is 8.20. The minimum absolute atomic E-state index is 0.805. The van der Waals surface area contributed by atoms with E-state index in [4.69, 9.17) is 0 Å². The van der Waals surface area contributed by atoms with Crippen molar-refractivity contribution in [3.05, 3.63) is 35.9 Å². The van der Waals surface area contributed by atoms with Gasteiger partial charge in [0.15, 0.2) is 0 Å². The Morgan fingerprint density at radius 2 is 1.59 bits per heavy atom. The van der Waals surface area contributed by atoms with Gasteiger partial charge < -0.3 is 0 Å². The normalized spacial score (nSPS) is 14.5. The monoisotopic (exact) mass is 232 g/mol. The number of hydrogen-bond acceptors (Lipinski definition) is 0. The second kappa shape index (κ2) is 8.33. The van der Waals surface area contributed by atoms with Crippen LogP contribution in [0.2, 0.25) is 0 Å². The van der Waals surface area contributed by atoms with Crippen molar-refractivity contribution in [2.75, 3.05) is 0 Å². The maximum Gasteiger partial charge on any atom is -0.0250 e. The molecule has 0 heterocycles. The molecule has 0 saturated carbocycles. The molecule has 0 aromatic heterocycles. The van der Waals surface area contributed by atoms with Gasteiger partial charge >= 0.3 is 0 Å². The Bertz CT molecular complexity index is 275. The Kier molecular flexibility index (Phi) is 7.00. The van der Waals surface area contributed by atoms with Crippen LogP contribution in [-0.2, 0) is 6.42 Å². The van der Waals surface area contributed by atoms with Gasteiger partial charge in [0.05, 0.1) is 0 Å². The van der Waals surface area contributed by atoms with Gasteiger partial charge in [0.1, 0.15) is 0 Å². The third-order valence-electron chi connectivity index (χ3n) is 3.88. The first-order chi connectivity index (χ1) is 8.24. The highest BCUT2D eigenvalue weighted by molar-refractivity contribution is 5.15. The van der Waals surface area contributed by atoms with Crippen molar-refractivity contribution in [2.24, 2.45) is 11.8 Å². The summed E-state index contributed by atoms with van der Waals surface area (Å²) in [5, 5.41) is 0. The fourth-order valence-corrected chi connectivity index (χ4v) is 2.36. The molecule has 0 N–H and O–H groups in total. The predicted molar refractivity (Wildman–Crippen MR) is 77.2 cm³/mol. The Balaban J connectivity index is 2.24. The third kappa shape index (κ3) is 5.91. The minimum atomic E-state index is 0.805. The molecule has 0 radical (unpaired) electrons. The van der Waals surface area contributed by atoms with Crippen molar-refractivity contribution < 1.29 is 0 Å². The number of unbranched alkanes of at least 4 members (excludes halogenated alkanes) is 3. The van der Waals surface area contributed by atoms with Crippen molar-refractivity contribution in [2.45, 2.75) is 59.3 Å². The van der Waals surface area contributed by atoms with Crippen molar-refractivity contribution in [1.29, 1.82) is 0 Å². The lowest BCUT2D eigenvalue weighted by Gasteiger charge is -2.20. The summed E-state index contributed by atoms with van der Waals surface area (Å²) in [7, 11) is 0. The zero-order chi connectivity index (χ0) is 12.5. The predicted octanol–water partition coefficient (Wildman–Crippen LogP) is 5.47. The molecule has 2 unspecified atom stereocenters.